The average molecular weight is 496 g/mol. The first-order valence-electron chi connectivity index (χ1n) is 10.3. The van der Waals surface area contributed by atoms with Gasteiger partial charge < -0.3 is 9.64 Å². The van der Waals surface area contributed by atoms with Crippen LogP contribution in [0.3, 0.4) is 0 Å². The molecule has 3 heterocycles. The summed E-state index contributed by atoms with van der Waals surface area (Å²) in [5, 5.41) is 9.01. The van der Waals surface area contributed by atoms with Crippen molar-refractivity contribution < 1.29 is 21.9 Å². The number of aryl methyl sites for hydroxylation is 1. The maximum Gasteiger partial charge on any atom is 0.258 e. The Morgan fingerprint density at radius 3 is 2.82 bits per heavy atom. The monoisotopic (exact) mass is 495 g/mol. The maximum absolute atomic E-state index is 14.0. The van der Waals surface area contributed by atoms with Crippen LogP contribution in [0.2, 0.25) is 0 Å². The van der Waals surface area contributed by atoms with Gasteiger partial charge >= 0.3 is 0 Å². The molecule has 2 aromatic heterocycles. The Kier molecular flexibility index (Phi) is 6.86. The minimum Gasteiger partial charge on any atom is -0.494 e. The molecule has 0 radical (unpaired) electrons. The van der Waals surface area contributed by atoms with Gasteiger partial charge in [0.25, 0.3) is 10.0 Å². The van der Waals surface area contributed by atoms with E-state index in [1.807, 2.05) is 4.90 Å². The Morgan fingerprint density at radius 1 is 1.27 bits per heavy atom. The van der Waals surface area contributed by atoms with Crippen molar-refractivity contribution in [2.75, 3.05) is 25.1 Å². The SMILES string of the molecule is COc1cc(C2CCCN(c3cccc(S(=O)(=O)NCc4nnc(C)s4)n3)C2)cc(F)c1F. The van der Waals surface area contributed by atoms with Gasteiger partial charge in [-0.1, -0.05) is 6.07 Å². The van der Waals surface area contributed by atoms with Crippen LogP contribution in [0.15, 0.2) is 35.4 Å². The van der Waals surface area contributed by atoms with E-state index < -0.39 is 21.7 Å². The van der Waals surface area contributed by atoms with E-state index in [2.05, 4.69) is 19.9 Å². The number of sulfonamides is 1. The summed E-state index contributed by atoms with van der Waals surface area (Å²) in [7, 11) is -2.56. The van der Waals surface area contributed by atoms with Crippen molar-refractivity contribution in [3.8, 4) is 5.75 Å². The number of aromatic nitrogens is 3. The molecule has 176 valence electrons. The van der Waals surface area contributed by atoms with Crippen molar-refractivity contribution >= 4 is 27.2 Å². The van der Waals surface area contributed by atoms with Gasteiger partial charge in [0, 0.05) is 19.0 Å². The maximum atomic E-state index is 14.0. The Bertz CT molecular complexity index is 1250. The average Bonchev–Trinajstić information content (AvgIpc) is 3.25. The summed E-state index contributed by atoms with van der Waals surface area (Å²) in [5.74, 6) is -1.67. The predicted molar refractivity (Wildman–Crippen MR) is 120 cm³/mol. The number of rotatable bonds is 7. The third-order valence-corrected chi connectivity index (χ3v) is 7.56. The summed E-state index contributed by atoms with van der Waals surface area (Å²) in [6.07, 6.45) is 1.57. The summed E-state index contributed by atoms with van der Waals surface area (Å²) < 4.78 is 60.8. The van der Waals surface area contributed by atoms with Crippen molar-refractivity contribution in [2.24, 2.45) is 0 Å². The van der Waals surface area contributed by atoms with Crippen molar-refractivity contribution in [1.82, 2.24) is 19.9 Å². The van der Waals surface area contributed by atoms with E-state index in [9.17, 15) is 17.2 Å². The van der Waals surface area contributed by atoms with Crippen LogP contribution >= 0.6 is 11.3 Å². The van der Waals surface area contributed by atoms with Gasteiger partial charge in [-0.2, -0.15) is 4.39 Å². The molecule has 1 unspecified atom stereocenters. The normalized spacial score (nSPS) is 16.7. The number of piperidine rings is 1. The zero-order valence-electron chi connectivity index (χ0n) is 18.1. The zero-order chi connectivity index (χ0) is 23.6. The molecule has 0 amide bonds. The number of halogens is 2. The molecule has 0 aliphatic carbocycles. The highest BCUT2D eigenvalue weighted by atomic mass is 32.2. The van der Waals surface area contributed by atoms with Gasteiger partial charge in [-0.15, -0.1) is 21.5 Å². The Hall–Kier alpha value is -2.70. The van der Waals surface area contributed by atoms with Crippen molar-refractivity contribution in [3.63, 3.8) is 0 Å². The molecule has 0 saturated carbocycles. The lowest BCUT2D eigenvalue weighted by atomic mass is 9.90. The predicted octanol–water partition coefficient (Wildman–Crippen LogP) is 3.39. The van der Waals surface area contributed by atoms with Gasteiger partial charge in [0.05, 0.1) is 13.7 Å². The van der Waals surface area contributed by atoms with Crippen molar-refractivity contribution in [2.45, 2.75) is 37.3 Å². The quantitative estimate of drug-likeness (QED) is 0.537. The molecular formula is C21H23F2N5O3S2. The largest absolute Gasteiger partial charge is 0.494 e. The van der Waals surface area contributed by atoms with E-state index in [4.69, 9.17) is 4.74 Å². The fraction of sp³-hybridized carbons (Fsp3) is 0.381. The first kappa shape index (κ1) is 23.5. The van der Waals surface area contributed by atoms with Crippen LogP contribution in [0.5, 0.6) is 5.75 Å². The number of anilines is 1. The number of benzene rings is 1. The summed E-state index contributed by atoms with van der Waals surface area (Å²) >= 11 is 1.32. The molecule has 1 saturated heterocycles. The molecule has 4 rings (SSSR count). The molecular weight excluding hydrogens is 472 g/mol. The second kappa shape index (κ2) is 9.65. The zero-order valence-corrected chi connectivity index (χ0v) is 19.7. The number of pyridine rings is 1. The van der Waals surface area contributed by atoms with Crippen LogP contribution in [-0.2, 0) is 16.6 Å². The van der Waals surface area contributed by atoms with Crippen LogP contribution in [-0.4, -0.2) is 43.8 Å². The number of nitrogens with zero attached hydrogens (tertiary/aromatic N) is 4. The lowest BCUT2D eigenvalue weighted by Crippen LogP contribution is -2.35. The second-order valence-corrected chi connectivity index (χ2v) is 10.7. The molecule has 1 aliphatic heterocycles. The van der Waals surface area contributed by atoms with Crippen LogP contribution in [0.25, 0.3) is 0 Å². The standard InChI is InChI=1S/C21H23F2N5O3S2/c1-13-26-27-19(32-13)11-24-33(29,30)20-7-3-6-18(25-20)28-8-4-5-14(12-28)15-9-16(22)21(23)17(10-15)31-2/h3,6-7,9-10,14,24H,4-5,8,11-12H2,1-2H3. The molecule has 8 nitrogen and oxygen atoms in total. The molecule has 1 aromatic carbocycles. The van der Waals surface area contributed by atoms with Gasteiger partial charge in [0.1, 0.15) is 15.8 Å². The molecule has 1 fully saturated rings. The molecule has 3 aromatic rings. The highest BCUT2D eigenvalue weighted by molar-refractivity contribution is 7.89. The summed E-state index contributed by atoms with van der Waals surface area (Å²) in [6, 6.07) is 7.51. The number of nitrogens with one attached hydrogen (secondary N) is 1. The number of methoxy groups -OCH3 is 1. The first-order valence-corrected chi connectivity index (χ1v) is 12.6. The molecule has 1 N–H and O–H groups in total. The minimum atomic E-state index is -3.85. The van der Waals surface area contributed by atoms with E-state index in [1.54, 1.807) is 19.1 Å². The smallest absolute Gasteiger partial charge is 0.258 e. The van der Waals surface area contributed by atoms with Crippen LogP contribution in [0, 0.1) is 18.6 Å². The van der Waals surface area contributed by atoms with Crippen molar-refractivity contribution in [1.29, 1.82) is 0 Å². The highest BCUT2D eigenvalue weighted by Crippen LogP contribution is 2.33. The highest BCUT2D eigenvalue weighted by Gasteiger charge is 2.26. The summed E-state index contributed by atoms with van der Waals surface area (Å²) in [6.45, 7) is 2.99. The van der Waals surface area contributed by atoms with Gasteiger partial charge in [-0.3, -0.25) is 0 Å². The second-order valence-electron chi connectivity index (χ2n) is 7.68. The van der Waals surface area contributed by atoms with Crippen LogP contribution in [0.4, 0.5) is 14.6 Å². The topological polar surface area (TPSA) is 97.3 Å². The molecule has 1 aliphatic rings. The van der Waals surface area contributed by atoms with Gasteiger partial charge in [0.2, 0.25) is 5.82 Å². The first-order chi connectivity index (χ1) is 15.8. The van der Waals surface area contributed by atoms with E-state index in [0.717, 1.165) is 17.8 Å². The minimum absolute atomic E-state index is 0.0312. The molecule has 33 heavy (non-hydrogen) atoms. The Balaban J connectivity index is 1.51. The molecule has 12 heteroatoms. The van der Waals surface area contributed by atoms with E-state index >= 15 is 0 Å². The molecule has 1 atom stereocenters. The number of hydrogen-bond donors (Lipinski definition) is 1. The Labute approximate surface area is 194 Å². The van der Waals surface area contributed by atoms with Crippen molar-refractivity contribution in [3.05, 3.63) is 57.5 Å². The molecule has 0 spiro atoms. The number of ether oxygens (including phenoxy) is 1. The fourth-order valence-corrected chi connectivity index (χ4v) is 5.48. The van der Waals surface area contributed by atoms with Crippen LogP contribution in [0.1, 0.15) is 34.3 Å². The summed E-state index contributed by atoms with van der Waals surface area (Å²) in [5.41, 5.74) is 0.633. The van der Waals surface area contributed by atoms with E-state index in [0.29, 0.717) is 29.5 Å². The third-order valence-electron chi connectivity index (χ3n) is 5.42. The summed E-state index contributed by atoms with van der Waals surface area (Å²) in [4.78, 5) is 6.32. The van der Waals surface area contributed by atoms with Gasteiger partial charge in [-0.25, -0.2) is 22.5 Å². The third kappa shape index (κ3) is 5.28. The number of hydrogen-bond acceptors (Lipinski definition) is 8. The van der Waals surface area contributed by atoms with Gasteiger partial charge in [-0.05, 0) is 49.6 Å². The van der Waals surface area contributed by atoms with E-state index in [-0.39, 0.29) is 23.2 Å². The molecule has 0 bridgehead atoms. The fourth-order valence-electron chi connectivity index (χ4n) is 3.79. The van der Waals surface area contributed by atoms with Gasteiger partial charge in [0.15, 0.2) is 16.6 Å². The Morgan fingerprint density at radius 2 is 2.09 bits per heavy atom. The van der Waals surface area contributed by atoms with E-state index in [1.165, 1.54) is 36.6 Å². The van der Waals surface area contributed by atoms with Crippen LogP contribution < -0.4 is 14.4 Å². The lowest BCUT2D eigenvalue weighted by molar-refractivity contribution is 0.369. The lowest BCUT2D eigenvalue weighted by Gasteiger charge is -2.34.